The number of carbonyl (C=O) groups is 1. The topological polar surface area (TPSA) is 48.4 Å². The first-order valence-electron chi connectivity index (χ1n) is 5.75. The molecule has 0 atom stereocenters. The van der Waals surface area contributed by atoms with E-state index in [1.165, 1.54) is 20.4 Å². The summed E-state index contributed by atoms with van der Waals surface area (Å²) >= 11 is 18.2. The van der Waals surface area contributed by atoms with Crippen LogP contribution in [-0.2, 0) is 4.74 Å². The van der Waals surface area contributed by atoms with Gasteiger partial charge in [-0.2, -0.15) is 0 Å². The molecule has 110 valence electrons. The maximum Gasteiger partial charge on any atom is 0.339 e. The molecule has 0 aliphatic heterocycles. The van der Waals surface area contributed by atoms with E-state index in [4.69, 9.17) is 39.5 Å². The van der Waals surface area contributed by atoms with E-state index in [1.54, 1.807) is 18.2 Å². The third kappa shape index (κ3) is 3.07. The molecule has 0 N–H and O–H groups in total. The predicted molar refractivity (Wildman–Crippen MR) is 82.6 cm³/mol. The van der Waals surface area contributed by atoms with Crippen molar-refractivity contribution in [3.8, 4) is 17.0 Å². The maximum atomic E-state index is 11.6. The van der Waals surface area contributed by atoms with Gasteiger partial charge in [0.25, 0.3) is 0 Å². The Morgan fingerprint density at radius 3 is 2.43 bits per heavy atom. The van der Waals surface area contributed by atoms with Crippen molar-refractivity contribution in [3.63, 3.8) is 0 Å². The molecular weight excluding hydrogens is 337 g/mol. The zero-order chi connectivity index (χ0) is 15.6. The third-order valence-electron chi connectivity index (χ3n) is 2.79. The fourth-order valence-corrected chi connectivity index (χ4v) is 2.41. The number of esters is 1. The lowest BCUT2D eigenvalue weighted by Gasteiger charge is -2.12. The van der Waals surface area contributed by atoms with Crippen LogP contribution in [0.3, 0.4) is 0 Å². The molecule has 1 aromatic heterocycles. The van der Waals surface area contributed by atoms with Gasteiger partial charge >= 0.3 is 5.97 Å². The van der Waals surface area contributed by atoms with Crippen molar-refractivity contribution in [2.45, 2.75) is 0 Å². The highest BCUT2D eigenvalue weighted by Gasteiger charge is 2.17. The second kappa shape index (κ2) is 6.52. The highest BCUT2D eigenvalue weighted by Crippen LogP contribution is 2.40. The fraction of sp³-hybridized carbons (Fsp3) is 0.143. The van der Waals surface area contributed by atoms with Gasteiger partial charge < -0.3 is 9.47 Å². The Kier molecular flexibility index (Phi) is 4.93. The van der Waals surface area contributed by atoms with Crippen molar-refractivity contribution in [1.82, 2.24) is 4.98 Å². The summed E-state index contributed by atoms with van der Waals surface area (Å²) in [4.78, 5) is 15.7. The van der Waals surface area contributed by atoms with E-state index in [9.17, 15) is 4.79 Å². The number of halogens is 3. The van der Waals surface area contributed by atoms with Crippen molar-refractivity contribution in [1.29, 1.82) is 0 Å². The van der Waals surface area contributed by atoms with E-state index >= 15 is 0 Å². The van der Waals surface area contributed by atoms with Crippen molar-refractivity contribution >= 4 is 40.8 Å². The third-order valence-corrected chi connectivity index (χ3v) is 4.08. The molecule has 0 unspecified atom stereocenters. The van der Waals surface area contributed by atoms with Gasteiger partial charge in [-0.1, -0.05) is 40.9 Å². The molecule has 0 aliphatic rings. The summed E-state index contributed by atoms with van der Waals surface area (Å²) < 4.78 is 9.87. The SMILES string of the molecule is COC(=O)c1cnc(OC)c(-c2ccc(Cl)c(Cl)c2Cl)c1. The summed E-state index contributed by atoms with van der Waals surface area (Å²) in [6, 6.07) is 4.86. The van der Waals surface area contributed by atoms with Gasteiger partial charge in [-0.05, 0) is 12.1 Å². The lowest BCUT2D eigenvalue weighted by Crippen LogP contribution is -2.03. The minimum atomic E-state index is -0.511. The van der Waals surface area contributed by atoms with Crippen LogP contribution in [0.4, 0.5) is 0 Å². The van der Waals surface area contributed by atoms with Gasteiger partial charge in [0.1, 0.15) is 0 Å². The number of hydrogen-bond donors (Lipinski definition) is 0. The number of hydrogen-bond acceptors (Lipinski definition) is 4. The molecule has 2 rings (SSSR count). The Morgan fingerprint density at radius 1 is 1.10 bits per heavy atom. The maximum absolute atomic E-state index is 11.6. The second-order valence-corrected chi connectivity index (χ2v) is 5.16. The molecule has 0 saturated heterocycles. The number of methoxy groups -OCH3 is 2. The zero-order valence-electron chi connectivity index (χ0n) is 11.1. The molecule has 0 bridgehead atoms. The minimum Gasteiger partial charge on any atom is -0.481 e. The standard InChI is InChI=1S/C14H10Cl3NO3/c1-20-13-9(5-7(6-18-13)14(19)21-2)8-3-4-10(15)12(17)11(8)16/h3-6H,1-2H3. The quantitative estimate of drug-likeness (QED) is 0.606. The van der Waals surface area contributed by atoms with Crippen LogP contribution in [0.5, 0.6) is 5.88 Å². The second-order valence-electron chi connectivity index (χ2n) is 4.00. The summed E-state index contributed by atoms with van der Waals surface area (Å²) in [6.07, 6.45) is 1.36. The Balaban J connectivity index is 2.67. The normalized spacial score (nSPS) is 10.3. The smallest absolute Gasteiger partial charge is 0.339 e. The van der Waals surface area contributed by atoms with E-state index in [1.807, 2.05) is 0 Å². The summed E-state index contributed by atoms with van der Waals surface area (Å²) in [5, 5.41) is 0.814. The average Bonchev–Trinajstić information content (AvgIpc) is 2.51. The van der Waals surface area contributed by atoms with Crippen LogP contribution in [0, 0.1) is 0 Å². The van der Waals surface area contributed by atoms with Gasteiger partial charge in [-0.3, -0.25) is 0 Å². The Morgan fingerprint density at radius 2 is 1.81 bits per heavy atom. The number of benzene rings is 1. The van der Waals surface area contributed by atoms with Gasteiger partial charge in [-0.15, -0.1) is 0 Å². The molecule has 7 heteroatoms. The summed E-state index contributed by atoms with van der Waals surface area (Å²) in [7, 11) is 2.76. The summed E-state index contributed by atoms with van der Waals surface area (Å²) in [5.74, 6) is -0.203. The van der Waals surface area contributed by atoms with E-state index < -0.39 is 5.97 Å². The van der Waals surface area contributed by atoms with Crippen LogP contribution in [-0.4, -0.2) is 25.2 Å². The monoisotopic (exact) mass is 345 g/mol. The molecular formula is C14H10Cl3NO3. The van der Waals surface area contributed by atoms with Crippen molar-refractivity contribution in [3.05, 3.63) is 45.0 Å². The summed E-state index contributed by atoms with van der Waals surface area (Å²) in [6.45, 7) is 0. The minimum absolute atomic E-state index is 0.223. The van der Waals surface area contributed by atoms with Crippen LogP contribution >= 0.6 is 34.8 Å². The number of pyridine rings is 1. The molecule has 21 heavy (non-hydrogen) atoms. The van der Waals surface area contributed by atoms with E-state index in [0.29, 0.717) is 22.0 Å². The van der Waals surface area contributed by atoms with Gasteiger partial charge in [0.2, 0.25) is 5.88 Å². The fourth-order valence-electron chi connectivity index (χ4n) is 1.77. The average molecular weight is 347 g/mol. The Labute approximate surface area is 136 Å². The van der Waals surface area contributed by atoms with Crippen molar-refractivity contribution in [2.24, 2.45) is 0 Å². The molecule has 4 nitrogen and oxygen atoms in total. The highest BCUT2D eigenvalue weighted by molar-refractivity contribution is 6.49. The van der Waals surface area contributed by atoms with Gasteiger partial charge in [0.15, 0.2) is 0 Å². The highest BCUT2D eigenvalue weighted by atomic mass is 35.5. The summed E-state index contributed by atoms with van der Waals surface area (Å²) in [5.41, 5.74) is 1.35. The first-order valence-corrected chi connectivity index (χ1v) is 6.89. The predicted octanol–water partition coefficient (Wildman–Crippen LogP) is 4.50. The van der Waals surface area contributed by atoms with Crippen LogP contribution in [0.25, 0.3) is 11.1 Å². The molecule has 2 aromatic rings. The lowest BCUT2D eigenvalue weighted by molar-refractivity contribution is 0.0600. The van der Waals surface area contributed by atoms with E-state index in [2.05, 4.69) is 9.72 Å². The van der Waals surface area contributed by atoms with Gasteiger partial charge in [-0.25, -0.2) is 9.78 Å². The number of rotatable bonds is 3. The molecule has 0 aliphatic carbocycles. The largest absolute Gasteiger partial charge is 0.481 e. The number of ether oxygens (including phenoxy) is 2. The van der Waals surface area contributed by atoms with Crippen LogP contribution in [0.15, 0.2) is 24.4 Å². The van der Waals surface area contributed by atoms with E-state index in [-0.39, 0.29) is 15.6 Å². The molecule has 0 radical (unpaired) electrons. The van der Waals surface area contributed by atoms with Gasteiger partial charge in [0.05, 0.1) is 34.9 Å². The van der Waals surface area contributed by atoms with Gasteiger partial charge in [0, 0.05) is 17.3 Å². The van der Waals surface area contributed by atoms with Crippen LogP contribution in [0.2, 0.25) is 15.1 Å². The molecule has 0 amide bonds. The molecule has 0 fully saturated rings. The zero-order valence-corrected chi connectivity index (χ0v) is 13.4. The number of nitrogens with zero attached hydrogens (tertiary/aromatic N) is 1. The Bertz CT molecular complexity index is 704. The Hall–Kier alpha value is -1.49. The molecule has 0 saturated carbocycles. The number of carbonyl (C=O) groups excluding carboxylic acids is 1. The van der Waals surface area contributed by atoms with E-state index in [0.717, 1.165) is 0 Å². The molecule has 0 spiro atoms. The van der Waals surface area contributed by atoms with Crippen LogP contribution in [0.1, 0.15) is 10.4 Å². The van der Waals surface area contributed by atoms with Crippen LogP contribution < -0.4 is 4.74 Å². The number of aromatic nitrogens is 1. The first-order chi connectivity index (χ1) is 9.99. The van der Waals surface area contributed by atoms with Crippen molar-refractivity contribution in [2.75, 3.05) is 14.2 Å². The van der Waals surface area contributed by atoms with Crippen molar-refractivity contribution < 1.29 is 14.3 Å². The lowest BCUT2D eigenvalue weighted by atomic mass is 10.1. The molecule has 1 heterocycles. The first kappa shape index (κ1) is 15.9. The molecule has 1 aromatic carbocycles.